The normalized spacial score (nSPS) is 11.1. The van der Waals surface area contributed by atoms with Crippen molar-refractivity contribution in [2.45, 2.75) is 13.8 Å². The smallest absolute Gasteiger partial charge is 0.361 e. The van der Waals surface area contributed by atoms with Crippen molar-refractivity contribution < 1.29 is 14.4 Å². The van der Waals surface area contributed by atoms with E-state index < -0.39 is 5.97 Å². The van der Waals surface area contributed by atoms with Gasteiger partial charge in [-0.25, -0.2) is 4.79 Å². The number of aryl methyl sites for hydroxylation is 1. The Morgan fingerprint density at radius 2 is 1.94 bits per heavy atom. The molecule has 4 nitrogen and oxygen atoms in total. The fourth-order valence-electron chi connectivity index (χ4n) is 1.21. The zero-order chi connectivity index (χ0) is 12.0. The number of esters is 1. The summed E-state index contributed by atoms with van der Waals surface area (Å²) in [5.41, 5.74) is 1.99. The zero-order valence-corrected chi connectivity index (χ0v) is 9.69. The Kier molecular flexibility index (Phi) is 4.51. The molecule has 1 aromatic carbocycles. The second-order valence-electron chi connectivity index (χ2n) is 3.21. The van der Waals surface area contributed by atoms with Crippen molar-refractivity contribution in [3.8, 4) is 0 Å². The Bertz CT molecular complexity index is 382. The quantitative estimate of drug-likeness (QED) is 0.443. The molecular weight excluding hydrogens is 206 g/mol. The van der Waals surface area contributed by atoms with E-state index in [1.54, 1.807) is 6.92 Å². The van der Waals surface area contributed by atoms with Crippen LogP contribution >= 0.6 is 0 Å². The number of nitrogens with zero attached hydrogens (tertiary/aromatic N) is 1. The molecule has 0 aromatic heterocycles. The van der Waals surface area contributed by atoms with E-state index in [0.717, 1.165) is 5.56 Å². The fourth-order valence-corrected chi connectivity index (χ4v) is 1.21. The standard InChI is InChI=1S/C12H15NO3/c1-4-16-12(14)11(13-15-3)10-7-5-9(2)6-8-10/h5-8H,4H2,1-3H3. The first-order valence-corrected chi connectivity index (χ1v) is 5.04. The molecule has 86 valence electrons. The first-order chi connectivity index (χ1) is 7.69. The van der Waals surface area contributed by atoms with E-state index in [1.165, 1.54) is 7.11 Å². The molecule has 0 saturated carbocycles. The molecule has 0 aliphatic carbocycles. The predicted octanol–water partition coefficient (Wildman–Crippen LogP) is 1.91. The molecule has 0 bridgehead atoms. The van der Waals surface area contributed by atoms with Crippen LogP contribution in [0.4, 0.5) is 0 Å². The second-order valence-corrected chi connectivity index (χ2v) is 3.21. The van der Waals surface area contributed by atoms with Gasteiger partial charge in [-0.1, -0.05) is 35.0 Å². The van der Waals surface area contributed by atoms with Gasteiger partial charge in [-0.3, -0.25) is 0 Å². The summed E-state index contributed by atoms with van der Waals surface area (Å²) >= 11 is 0. The molecule has 0 spiro atoms. The summed E-state index contributed by atoms with van der Waals surface area (Å²) in [5.74, 6) is -0.479. The number of hydrogen-bond donors (Lipinski definition) is 0. The minimum absolute atomic E-state index is 0.185. The molecule has 4 heteroatoms. The molecule has 0 aliphatic rings. The van der Waals surface area contributed by atoms with Gasteiger partial charge in [-0.2, -0.15) is 0 Å². The van der Waals surface area contributed by atoms with Gasteiger partial charge in [0.25, 0.3) is 0 Å². The fraction of sp³-hybridized carbons (Fsp3) is 0.333. The van der Waals surface area contributed by atoms with Gasteiger partial charge < -0.3 is 9.57 Å². The van der Waals surface area contributed by atoms with Crippen LogP contribution in [-0.4, -0.2) is 25.4 Å². The third-order valence-electron chi connectivity index (χ3n) is 1.98. The van der Waals surface area contributed by atoms with Crippen LogP contribution in [0.15, 0.2) is 29.4 Å². The Labute approximate surface area is 94.9 Å². The van der Waals surface area contributed by atoms with Crippen LogP contribution < -0.4 is 0 Å². The highest BCUT2D eigenvalue weighted by atomic mass is 16.6. The van der Waals surface area contributed by atoms with Crippen LogP contribution in [0.3, 0.4) is 0 Å². The number of carbonyl (C=O) groups excluding carboxylic acids is 1. The van der Waals surface area contributed by atoms with Crippen molar-refractivity contribution >= 4 is 11.7 Å². The van der Waals surface area contributed by atoms with Gasteiger partial charge >= 0.3 is 5.97 Å². The highest BCUT2D eigenvalue weighted by molar-refractivity contribution is 6.43. The number of hydrogen-bond acceptors (Lipinski definition) is 4. The second kappa shape index (κ2) is 5.90. The summed E-state index contributed by atoms with van der Waals surface area (Å²) in [4.78, 5) is 16.2. The van der Waals surface area contributed by atoms with Gasteiger partial charge in [0.1, 0.15) is 7.11 Å². The SMILES string of the molecule is CCOC(=O)C(=NOC)c1ccc(C)cc1. The lowest BCUT2D eigenvalue weighted by atomic mass is 10.1. The maximum Gasteiger partial charge on any atom is 0.361 e. The molecule has 0 unspecified atom stereocenters. The average Bonchev–Trinajstić information content (AvgIpc) is 2.28. The molecule has 0 aliphatic heterocycles. The van der Waals surface area contributed by atoms with E-state index in [2.05, 4.69) is 9.99 Å². The molecule has 0 amide bonds. The van der Waals surface area contributed by atoms with Crippen LogP contribution in [0, 0.1) is 6.92 Å². The first kappa shape index (κ1) is 12.2. The third kappa shape index (κ3) is 3.08. The lowest BCUT2D eigenvalue weighted by Gasteiger charge is -2.05. The van der Waals surface area contributed by atoms with E-state index in [4.69, 9.17) is 4.74 Å². The van der Waals surface area contributed by atoms with E-state index in [1.807, 2.05) is 31.2 Å². The molecule has 0 fully saturated rings. The number of rotatable bonds is 4. The highest BCUT2D eigenvalue weighted by Crippen LogP contribution is 2.06. The topological polar surface area (TPSA) is 47.9 Å². The molecular formula is C12H15NO3. The van der Waals surface area contributed by atoms with Gasteiger partial charge in [0.05, 0.1) is 6.61 Å². The van der Waals surface area contributed by atoms with Crippen LogP contribution in [0.5, 0.6) is 0 Å². The predicted molar refractivity (Wildman–Crippen MR) is 61.4 cm³/mol. The van der Waals surface area contributed by atoms with Crippen molar-refractivity contribution in [3.63, 3.8) is 0 Å². The molecule has 0 heterocycles. The van der Waals surface area contributed by atoms with E-state index in [0.29, 0.717) is 12.2 Å². The van der Waals surface area contributed by atoms with E-state index in [9.17, 15) is 4.79 Å². The highest BCUT2D eigenvalue weighted by Gasteiger charge is 2.15. The van der Waals surface area contributed by atoms with Crippen molar-refractivity contribution in [1.82, 2.24) is 0 Å². The third-order valence-corrected chi connectivity index (χ3v) is 1.98. The summed E-state index contributed by atoms with van der Waals surface area (Å²) in [6.45, 7) is 4.03. The zero-order valence-electron chi connectivity index (χ0n) is 9.69. The van der Waals surface area contributed by atoms with Gasteiger partial charge in [0.15, 0.2) is 5.71 Å². The van der Waals surface area contributed by atoms with Gasteiger partial charge in [-0.05, 0) is 13.8 Å². The molecule has 16 heavy (non-hydrogen) atoms. The van der Waals surface area contributed by atoms with Gasteiger partial charge in [0.2, 0.25) is 0 Å². The van der Waals surface area contributed by atoms with Crippen LogP contribution in [0.25, 0.3) is 0 Å². The maximum absolute atomic E-state index is 11.6. The summed E-state index contributed by atoms with van der Waals surface area (Å²) in [7, 11) is 1.40. The maximum atomic E-state index is 11.6. The molecule has 1 rings (SSSR count). The van der Waals surface area contributed by atoms with E-state index >= 15 is 0 Å². The Balaban J connectivity index is 2.99. The van der Waals surface area contributed by atoms with Gasteiger partial charge in [-0.15, -0.1) is 0 Å². The van der Waals surface area contributed by atoms with Crippen molar-refractivity contribution in [2.24, 2.45) is 5.16 Å². The van der Waals surface area contributed by atoms with Crippen molar-refractivity contribution in [2.75, 3.05) is 13.7 Å². The summed E-state index contributed by atoms with van der Waals surface area (Å²) in [5, 5.41) is 3.68. The molecule has 0 N–H and O–H groups in total. The average molecular weight is 221 g/mol. The van der Waals surface area contributed by atoms with Crippen molar-refractivity contribution in [3.05, 3.63) is 35.4 Å². The largest absolute Gasteiger partial charge is 0.461 e. The minimum Gasteiger partial charge on any atom is -0.461 e. The number of ether oxygens (including phenoxy) is 1. The van der Waals surface area contributed by atoms with Crippen molar-refractivity contribution in [1.29, 1.82) is 0 Å². The van der Waals surface area contributed by atoms with Gasteiger partial charge in [0, 0.05) is 5.56 Å². The summed E-state index contributed by atoms with van der Waals surface area (Å²) < 4.78 is 4.89. The van der Waals surface area contributed by atoms with Crippen LogP contribution in [0.1, 0.15) is 18.1 Å². The first-order valence-electron chi connectivity index (χ1n) is 5.04. The minimum atomic E-state index is -0.479. The Hall–Kier alpha value is -1.84. The molecule has 0 atom stereocenters. The number of benzene rings is 1. The molecule has 0 radical (unpaired) electrons. The lowest BCUT2D eigenvalue weighted by Crippen LogP contribution is -2.19. The monoisotopic (exact) mass is 221 g/mol. The number of oxime groups is 1. The Morgan fingerprint density at radius 1 is 1.31 bits per heavy atom. The number of carbonyl (C=O) groups is 1. The summed E-state index contributed by atoms with van der Waals surface area (Å²) in [6, 6.07) is 7.42. The van der Waals surface area contributed by atoms with E-state index in [-0.39, 0.29) is 5.71 Å². The van der Waals surface area contributed by atoms with Crippen LogP contribution in [-0.2, 0) is 14.4 Å². The molecule has 1 aromatic rings. The summed E-state index contributed by atoms with van der Waals surface area (Å²) in [6.07, 6.45) is 0. The Morgan fingerprint density at radius 3 is 2.44 bits per heavy atom. The van der Waals surface area contributed by atoms with Crippen LogP contribution in [0.2, 0.25) is 0 Å². The molecule has 0 saturated heterocycles. The lowest BCUT2D eigenvalue weighted by molar-refractivity contribution is -0.135.